The molecule has 0 spiro atoms. The number of nitriles is 1. The maximum Gasteiger partial charge on any atom is 0.230 e. The zero-order chi connectivity index (χ0) is 27.3. The molecule has 38 heavy (non-hydrogen) atoms. The van der Waals surface area contributed by atoms with E-state index in [0.717, 1.165) is 33.8 Å². The van der Waals surface area contributed by atoms with Gasteiger partial charge in [-0.2, -0.15) is 14.6 Å². The summed E-state index contributed by atoms with van der Waals surface area (Å²) in [5, 5.41) is 11.6. The molecule has 0 amide bonds. The average molecular weight is 533 g/mol. The fourth-order valence-corrected chi connectivity index (χ4v) is 5.59. The van der Waals surface area contributed by atoms with Gasteiger partial charge in [0.25, 0.3) is 0 Å². The Balaban J connectivity index is 1.39. The van der Waals surface area contributed by atoms with E-state index in [9.17, 15) is 8.42 Å². The fraction of sp³-hybridized carbons (Fsp3) is 0.321. The Morgan fingerprint density at radius 3 is 2.32 bits per heavy atom. The minimum Gasteiger partial charge on any atom is -0.438 e. The molecule has 198 valence electrons. The van der Waals surface area contributed by atoms with E-state index in [-0.39, 0.29) is 0 Å². The van der Waals surface area contributed by atoms with Crippen molar-refractivity contribution in [2.45, 2.75) is 32.9 Å². The Kier molecular flexibility index (Phi) is 8.29. The first-order chi connectivity index (χ1) is 18.2. The van der Waals surface area contributed by atoms with Crippen LogP contribution in [0.15, 0.2) is 54.7 Å². The molecule has 0 atom stereocenters. The van der Waals surface area contributed by atoms with Crippen molar-refractivity contribution >= 4 is 33.4 Å². The van der Waals surface area contributed by atoms with Gasteiger partial charge in [-0.3, -0.25) is 0 Å². The number of sulfonamides is 1. The molecule has 1 aliphatic rings. The molecule has 2 aromatic carbocycles. The van der Waals surface area contributed by atoms with Gasteiger partial charge in [-0.25, -0.2) is 13.4 Å². The van der Waals surface area contributed by atoms with Crippen molar-refractivity contribution < 1.29 is 13.2 Å². The van der Waals surface area contributed by atoms with E-state index in [0.29, 0.717) is 38.0 Å². The molecule has 0 unspecified atom stereocenters. The number of ether oxygens (including phenoxy) is 1. The number of hydrogen-bond acceptors (Lipinski definition) is 8. The lowest BCUT2D eigenvalue weighted by atomic mass is 10.1. The smallest absolute Gasteiger partial charge is 0.230 e. The molecule has 1 saturated heterocycles. The SMILES string of the molecule is Cc1cc(/C=C/C#N)cc(C)c1Oc1ccnc(Nc2ccc(N3CCN(S(=O)(=O)C(C)C)CC3)cc2)n1. The van der Waals surface area contributed by atoms with Gasteiger partial charge in [0, 0.05) is 55.9 Å². The van der Waals surface area contributed by atoms with Crippen molar-refractivity contribution in [2.24, 2.45) is 0 Å². The normalized spacial score (nSPS) is 14.6. The van der Waals surface area contributed by atoms with Crippen LogP contribution >= 0.6 is 0 Å². The lowest BCUT2D eigenvalue weighted by molar-refractivity contribution is 0.381. The molecule has 1 fully saturated rings. The van der Waals surface area contributed by atoms with Crippen molar-refractivity contribution in [1.29, 1.82) is 5.26 Å². The first-order valence-corrected chi connectivity index (χ1v) is 14.0. The zero-order valence-electron chi connectivity index (χ0n) is 22.0. The number of anilines is 3. The van der Waals surface area contributed by atoms with Gasteiger partial charge in [-0.05, 0) is 86.9 Å². The van der Waals surface area contributed by atoms with E-state index in [2.05, 4.69) is 20.2 Å². The maximum atomic E-state index is 12.4. The van der Waals surface area contributed by atoms with Gasteiger partial charge >= 0.3 is 0 Å². The zero-order valence-corrected chi connectivity index (χ0v) is 22.9. The third-order valence-electron chi connectivity index (χ3n) is 6.35. The Morgan fingerprint density at radius 2 is 1.71 bits per heavy atom. The Labute approximate surface area is 224 Å². The first kappa shape index (κ1) is 27.1. The van der Waals surface area contributed by atoms with Crippen LogP contribution in [0.1, 0.15) is 30.5 Å². The van der Waals surface area contributed by atoms with Crippen LogP contribution in [0.5, 0.6) is 11.6 Å². The molecule has 2 heterocycles. The van der Waals surface area contributed by atoms with Gasteiger partial charge in [0.15, 0.2) is 0 Å². The molecule has 1 aromatic heterocycles. The molecule has 0 aliphatic carbocycles. The second-order valence-electron chi connectivity index (χ2n) is 9.42. The fourth-order valence-electron chi connectivity index (χ4n) is 4.32. The Bertz CT molecular complexity index is 1430. The summed E-state index contributed by atoms with van der Waals surface area (Å²) in [4.78, 5) is 11.0. The number of piperazine rings is 1. The summed E-state index contributed by atoms with van der Waals surface area (Å²) < 4.78 is 32.5. The highest BCUT2D eigenvalue weighted by molar-refractivity contribution is 7.89. The standard InChI is InChI=1S/C28H32N6O3S/c1-20(2)38(35,36)34-16-14-33(15-17-34)25-9-7-24(8-10-25)31-28-30-13-11-26(32-28)37-27-21(3)18-23(6-5-12-29)19-22(27)4/h5-11,13,18-20H,14-17H2,1-4H3,(H,30,31,32)/b6-5+. The number of hydrogen-bond donors (Lipinski definition) is 1. The number of allylic oxidation sites excluding steroid dienone is 1. The number of rotatable bonds is 8. The summed E-state index contributed by atoms with van der Waals surface area (Å²) in [5.41, 5.74) is 4.68. The number of benzene rings is 2. The van der Waals surface area contributed by atoms with Crippen molar-refractivity contribution in [2.75, 3.05) is 36.4 Å². The molecule has 0 saturated carbocycles. The largest absolute Gasteiger partial charge is 0.438 e. The van der Waals surface area contributed by atoms with Gasteiger partial charge in [-0.1, -0.05) is 0 Å². The number of aromatic nitrogens is 2. The van der Waals surface area contributed by atoms with Crippen LogP contribution in [-0.4, -0.2) is 54.1 Å². The highest BCUT2D eigenvalue weighted by atomic mass is 32.2. The third-order valence-corrected chi connectivity index (χ3v) is 8.63. The molecule has 1 aliphatic heterocycles. The summed E-state index contributed by atoms with van der Waals surface area (Å²) in [5.74, 6) is 1.54. The summed E-state index contributed by atoms with van der Waals surface area (Å²) in [6, 6.07) is 15.5. The average Bonchev–Trinajstić information content (AvgIpc) is 2.90. The van der Waals surface area contributed by atoms with Crippen molar-refractivity contribution in [3.63, 3.8) is 0 Å². The lowest BCUT2D eigenvalue weighted by Crippen LogP contribution is -2.50. The van der Waals surface area contributed by atoms with Crippen LogP contribution in [0.4, 0.5) is 17.3 Å². The molecular weight excluding hydrogens is 500 g/mol. The quantitative estimate of drug-likeness (QED) is 0.402. The Hall–Kier alpha value is -3.94. The van der Waals surface area contributed by atoms with Gasteiger partial charge in [0.05, 0.1) is 11.3 Å². The van der Waals surface area contributed by atoms with E-state index in [4.69, 9.17) is 10.00 Å². The van der Waals surface area contributed by atoms with Crippen LogP contribution in [0, 0.1) is 25.2 Å². The molecule has 1 N–H and O–H groups in total. The lowest BCUT2D eigenvalue weighted by Gasteiger charge is -2.36. The maximum absolute atomic E-state index is 12.4. The number of nitrogens with zero attached hydrogens (tertiary/aromatic N) is 5. The summed E-state index contributed by atoms with van der Waals surface area (Å²) >= 11 is 0. The highest BCUT2D eigenvalue weighted by Crippen LogP contribution is 2.30. The van der Waals surface area contributed by atoms with E-state index in [1.165, 1.54) is 6.08 Å². The molecule has 0 radical (unpaired) electrons. The molecule has 9 nitrogen and oxygen atoms in total. The predicted octanol–water partition coefficient (Wildman–Crippen LogP) is 5.03. The van der Waals surface area contributed by atoms with Crippen LogP contribution in [0.25, 0.3) is 6.08 Å². The van der Waals surface area contributed by atoms with Crippen molar-refractivity contribution in [3.8, 4) is 17.7 Å². The molecule has 3 aromatic rings. The van der Waals surface area contributed by atoms with Crippen LogP contribution in [0.2, 0.25) is 0 Å². The number of nitrogens with one attached hydrogen (secondary N) is 1. The molecule has 4 rings (SSSR count). The van der Waals surface area contributed by atoms with Gasteiger partial charge in [0.1, 0.15) is 5.75 Å². The summed E-state index contributed by atoms with van der Waals surface area (Å²) in [7, 11) is -3.22. The monoisotopic (exact) mass is 532 g/mol. The first-order valence-electron chi connectivity index (χ1n) is 12.5. The number of aryl methyl sites for hydroxylation is 2. The topological polar surface area (TPSA) is 111 Å². The molecule has 10 heteroatoms. The Morgan fingerprint density at radius 1 is 1.05 bits per heavy atom. The summed E-state index contributed by atoms with van der Waals surface area (Å²) in [6.07, 6.45) is 4.85. The van der Waals surface area contributed by atoms with Gasteiger partial charge in [-0.15, -0.1) is 0 Å². The van der Waals surface area contributed by atoms with Crippen molar-refractivity contribution in [1.82, 2.24) is 14.3 Å². The van der Waals surface area contributed by atoms with E-state index < -0.39 is 15.3 Å². The van der Waals surface area contributed by atoms with E-state index >= 15 is 0 Å². The predicted molar refractivity (Wildman–Crippen MR) is 150 cm³/mol. The van der Waals surface area contributed by atoms with Gasteiger partial charge < -0.3 is 15.0 Å². The second kappa shape index (κ2) is 11.6. The van der Waals surface area contributed by atoms with Crippen LogP contribution < -0.4 is 15.0 Å². The highest BCUT2D eigenvalue weighted by Gasteiger charge is 2.29. The van der Waals surface area contributed by atoms with Gasteiger partial charge in [0.2, 0.25) is 21.9 Å². The third kappa shape index (κ3) is 6.30. The molecule has 0 bridgehead atoms. The molecular formula is C28H32N6O3S. The van der Waals surface area contributed by atoms with Crippen molar-refractivity contribution in [3.05, 3.63) is 71.4 Å². The van der Waals surface area contributed by atoms with E-state index in [1.54, 1.807) is 36.5 Å². The summed E-state index contributed by atoms with van der Waals surface area (Å²) in [6.45, 7) is 9.61. The minimum absolute atomic E-state index is 0.406. The second-order valence-corrected chi connectivity index (χ2v) is 11.9. The minimum atomic E-state index is -3.22. The van der Waals surface area contributed by atoms with Crippen LogP contribution in [-0.2, 0) is 10.0 Å². The van der Waals surface area contributed by atoms with Crippen LogP contribution in [0.3, 0.4) is 0 Å². The van der Waals surface area contributed by atoms with E-state index in [1.807, 2.05) is 56.3 Å².